The van der Waals surface area contributed by atoms with Crippen LogP contribution < -0.4 is 4.90 Å². The number of nitrogens with zero attached hydrogens (tertiary/aromatic N) is 2. The van der Waals surface area contributed by atoms with Gasteiger partial charge in [-0.1, -0.05) is 34.8 Å². The van der Waals surface area contributed by atoms with Gasteiger partial charge >= 0.3 is 0 Å². The van der Waals surface area contributed by atoms with E-state index in [4.69, 9.17) is 0 Å². The first-order valence-electron chi connectivity index (χ1n) is 8.11. The summed E-state index contributed by atoms with van der Waals surface area (Å²) in [6.45, 7) is 6.38. The third-order valence-corrected chi connectivity index (χ3v) is 5.64. The zero-order valence-corrected chi connectivity index (χ0v) is 14.3. The minimum atomic E-state index is -0.423. The number of halogens is 1. The highest BCUT2D eigenvalue weighted by Crippen LogP contribution is 2.30. The van der Waals surface area contributed by atoms with Gasteiger partial charge in [0.2, 0.25) is 0 Å². The molecule has 0 spiro atoms. The number of hydrogen-bond donors (Lipinski definition) is 1. The summed E-state index contributed by atoms with van der Waals surface area (Å²) in [4.78, 5) is 5.14. The van der Waals surface area contributed by atoms with Crippen molar-refractivity contribution in [3.8, 4) is 0 Å². The molecule has 2 aliphatic rings. The van der Waals surface area contributed by atoms with Gasteiger partial charge in [-0.2, -0.15) is 0 Å². The molecular formula is C17H25BrN2O. The van der Waals surface area contributed by atoms with E-state index in [-0.39, 0.29) is 0 Å². The monoisotopic (exact) mass is 352 g/mol. The lowest BCUT2D eigenvalue weighted by Gasteiger charge is -2.39. The van der Waals surface area contributed by atoms with Crippen LogP contribution in [0.1, 0.15) is 44.3 Å². The Morgan fingerprint density at radius 3 is 2.38 bits per heavy atom. The predicted molar refractivity (Wildman–Crippen MR) is 90.8 cm³/mol. The molecule has 3 nitrogen and oxygen atoms in total. The number of aliphatic hydroxyl groups excluding tert-OH is 1. The molecule has 0 radical (unpaired) electrons. The minimum Gasteiger partial charge on any atom is -0.389 e. The number of aliphatic hydroxyl groups is 1. The van der Waals surface area contributed by atoms with Gasteiger partial charge in [-0.15, -0.1) is 0 Å². The molecule has 1 heterocycles. The SMILES string of the molecule is C[C@H](O)c1ccc(N2CCN(C3CCCC3)CC2)cc1Br. The van der Waals surface area contributed by atoms with Crippen molar-refractivity contribution in [2.75, 3.05) is 31.1 Å². The molecule has 0 bridgehead atoms. The molecule has 1 aromatic rings. The van der Waals surface area contributed by atoms with Crippen LogP contribution in [0, 0.1) is 0 Å². The van der Waals surface area contributed by atoms with Crippen LogP contribution in [0.2, 0.25) is 0 Å². The van der Waals surface area contributed by atoms with Crippen molar-refractivity contribution < 1.29 is 5.11 Å². The first kappa shape index (κ1) is 15.3. The van der Waals surface area contributed by atoms with Crippen molar-refractivity contribution >= 4 is 21.6 Å². The van der Waals surface area contributed by atoms with Crippen LogP contribution >= 0.6 is 15.9 Å². The van der Waals surface area contributed by atoms with Gasteiger partial charge in [-0.3, -0.25) is 4.90 Å². The van der Waals surface area contributed by atoms with Gasteiger partial charge in [0.05, 0.1) is 6.10 Å². The molecule has 1 N–H and O–H groups in total. The average Bonchev–Trinajstić information content (AvgIpc) is 3.01. The van der Waals surface area contributed by atoms with E-state index in [9.17, 15) is 5.11 Å². The number of piperazine rings is 1. The second-order valence-electron chi connectivity index (χ2n) is 6.34. The highest BCUT2D eigenvalue weighted by molar-refractivity contribution is 9.10. The molecule has 21 heavy (non-hydrogen) atoms. The third kappa shape index (κ3) is 3.43. The molecule has 1 saturated heterocycles. The Hall–Kier alpha value is -0.580. The predicted octanol–water partition coefficient (Wildman–Crippen LogP) is 3.57. The molecule has 1 aliphatic heterocycles. The van der Waals surface area contributed by atoms with E-state index < -0.39 is 6.10 Å². The average molecular weight is 353 g/mol. The molecule has 1 aliphatic carbocycles. The van der Waals surface area contributed by atoms with Crippen molar-refractivity contribution in [3.05, 3.63) is 28.2 Å². The summed E-state index contributed by atoms with van der Waals surface area (Å²) in [6, 6.07) is 7.16. The van der Waals surface area contributed by atoms with Gasteiger partial charge in [0, 0.05) is 42.4 Å². The lowest BCUT2D eigenvalue weighted by molar-refractivity contribution is 0.187. The second-order valence-corrected chi connectivity index (χ2v) is 7.20. The van der Waals surface area contributed by atoms with E-state index in [0.29, 0.717) is 0 Å². The fourth-order valence-electron chi connectivity index (χ4n) is 3.67. The maximum atomic E-state index is 9.71. The largest absolute Gasteiger partial charge is 0.389 e. The molecule has 3 rings (SSSR count). The standard InChI is InChI=1S/C17H25BrN2O/c1-13(21)16-7-6-15(12-17(16)18)20-10-8-19(9-11-20)14-4-2-3-5-14/h6-7,12-14,21H,2-5,8-11H2,1H3/t13-/m0/s1. The Balaban J connectivity index is 1.62. The van der Waals surface area contributed by atoms with E-state index in [2.05, 4.69) is 37.9 Å². The molecule has 1 atom stereocenters. The normalized spacial score (nSPS) is 22.7. The zero-order valence-electron chi connectivity index (χ0n) is 12.8. The minimum absolute atomic E-state index is 0.423. The van der Waals surface area contributed by atoms with Crippen LogP contribution in [0.25, 0.3) is 0 Å². The lowest BCUT2D eigenvalue weighted by Crippen LogP contribution is -2.49. The Bertz CT molecular complexity index is 478. The van der Waals surface area contributed by atoms with Gasteiger partial charge in [-0.05, 0) is 37.5 Å². The fraction of sp³-hybridized carbons (Fsp3) is 0.647. The van der Waals surface area contributed by atoms with Gasteiger partial charge in [0.1, 0.15) is 0 Å². The number of benzene rings is 1. The zero-order chi connectivity index (χ0) is 14.8. The highest BCUT2D eigenvalue weighted by Gasteiger charge is 2.26. The topological polar surface area (TPSA) is 26.7 Å². The van der Waals surface area contributed by atoms with Gasteiger partial charge in [0.15, 0.2) is 0 Å². The molecule has 1 aromatic carbocycles. The van der Waals surface area contributed by atoms with Crippen LogP contribution in [0.3, 0.4) is 0 Å². The summed E-state index contributed by atoms with van der Waals surface area (Å²) in [5.74, 6) is 0. The van der Waals surface area contributed by atoms with E-state index in [1.54, 1.807) is 6.92 Å². The van der Waals surface area contributed by atoms with Crippen LogP contribution in [-0.2, 0) is 0 Å². The maximum absolute atomic E-state index is 9.71. The molecule has 4 heteroatoms. The first-order chi connectivity index (χ1) is 10.1. The first-order valence-corrected chi connectivity index (χ1v) is 8.91. The maximum Gasteiger partial charge on any atom is 0.0772 e. The van der Waals surface area contributed by atoms with Gasteiger partial charge < -0.3 is 10.0 Å². The summed E-state index contributed by atoms with van der Waals surface area (Å²) >= 11 is 3.58. The van der Waals surface area contributed by atoms with Crippen LogP contribution in [-0.4, -0.2) is 42.2 Å². The van der Waals surface area contributed by atoms with Crippen molar-refractivity contribution in [3.63, 3.8) is 0 Å². The molecule has 0 amide bonds. The molecule has 0 aromatic heterocycles. The quantitative estimate of drug-likeness (QED) is 0.900. The molecule has 2 fully saturated rings. The summed E-state index contributed by atoms with van der Waals surface area (Å²) < 4.78 is 1.01. The van der Waals surface area contributed by atoms with Crippen molar-refractivity contribution in [1.82, 2.24) is 4.90 Å². The molecule has 1 saturated carbocycles. The molecule has 0 unspecified atom stereocenters. The van der Waals surface area contributed by atoms with E-state index in [1.807, 2.05) is 6.07 Å². The van der Waals surface area contributed by atoms with E-state index in [0.717, 1.165) is 29.2 Å². The Labute approximate surface area is 136 Å². The van der Waals surface area contributed by atoms with E-state index >= 15 is 0 Å². The summed E-state index contributed by atoms with van der Waals surface area (Å²) in [7, 11) is 0. The summed E-state index contributed by atoms with van der Waals surface area (Å²) in [6.07, 6.45) is 5.20. The molecule has 116 valence electrons. The smallest absolute Gasteiger partial charge is 0.0772 e. The van der Waals surface area contributed by atoms with Crippen molar-refractivity contribution in [1.29, 1.82) is 0 Å². The fourth-order valence-corrected chi connectivity index (χ4v) is 4.36. The summed E-state index contributed by atoms with van der Waals surface area (Å²) in [5.41, 5.74) is 2.22. The third-order valence-electron chi connectivity index (χ3n) is 4.95. The van der Waals surface area contributed by atoms with Crippen LogP contribution in [0.5, 0.6) is 0 Å². The molecular weight excluding hydrogens is 328 g/mol. The second kappa shape index (κ2) is 6.67. The van der Waals surface area contributed by atoms with Crippen molar-refractivity contribution in [2.45, 2.75) is 44.8 Å². The van der Waals surface area contributed by atoms with Crippen LogP contribution in [0.4, 0.5) is 5.69 Å². The lowest BCUT2D eigenvalue weighted by atomic mass is 10.1. The van der Waals surface area contributed by atoms with Gasteiger partial charge in [-0.25, -0.2) is 0 Å². The highest BCUT2D eigenvalue weighted by atomic mass is 79.9. The Morgan fingerprint density at radius 1 is 1.14 bits per heavy atom. The van der Waals surface area contributed by atoms with Crippen LogP contribution in [0.15, 0.2) is 22.7 Å². The summed E-state index contributed by atoms with van der Waals surface area (Å²) in [5, 5.41) is 9.71. The van der Waals surface area contributed by atoms with Crippen molar-refractivity contribution in [2.24, 2.45) is 0 Å². The Kier molecular flexibility index (Phi) is 4.87. The van der Waals surface area contributed by atoms with Gasteiger partial charge in [0.25, 0.3) is 0 Å². The van der Waals surface area contributed by atoms with E-state index in [1.165, 1.54) is 44.5 Å². The number of hydrogen-bond acceptors (Lipinski definition) is 3. The Morgan fingerprint density at radius 2 is 1.81 bits per heavy atom. The number of anilines is 1. The number of rotatable bonds is 3.